The average molecular weight is 1440 g/mol. The highest BCUT2D eigenvalue weighted by molar-refractivity contribution is 6.19. The Kier molecular flexibility index (Phi) is 16.1. The molecular formula is C107H74N6. The number of aromatic nitrogens is 4. The summed E-state index contributed by atoms with van der Waals surface area (Å²) in [6.07, 6.45) is 3.80. The molecule has 113 heavy (non-hydrogen) atoms. The first-order chi connectivity index (χ1) is 55.9. The van der Waals surface area contributed by atoms with E-state index in [1.54, 1.807) is 0 Å². The van der Waals surface area contributed by atoms with Crippen LogP contribution in [0.3, 0.4) is 0 Å². The fourth-order valence-electron chi connectivity index (χ4n) is 18.1. The quantitative estimate of drug-likeness (QED) is 0.122. The molecule has 6 nitrogen and oxygen atoms in total. The molecule has 0 bridgehead atoms. The smallest absolute Gasteiger partial charge is 0.0876 e. The van der Waals surface area contributed by atoms with Crippen molar-refractivity contribution < 1.29 is 0 Å². The molecule has 0 saturated carbocycles. The predicted octanol–water partition coefficient (Wildman–Crippen LogP) is 28.6. The standard InChI is InChI=1S/C58H41N3.C49H33N3/c1-58(2)51-23-11-10-20-47(51)48-35-34-43(37-52(48)58)60(40-15-4-3-5-16-40)41-30-26-38(27-31-41)39-28-32-42(33-29-39)61-54-25-14-22-49-45-18-7-6-17-44(45)46-19-8-9-21-50(46)56(55(49)54)57(61)53-24-12-13-36-59-53;1-3-14-36(15-4-1)51(37-16-5-2-6-17-37)38-29-25-34(26-30-38)35-27-31-39(32-28-35)52-46-24-13-22-43-41-19-8-7-18-40(41)42-20-9-10-21-44(42)48(47(43)46)49(52)45-23-11-12-33-50-45/h3-37H,1-2H3;1-33H. The van der Waals surface area contributed by atoms with Crippen molar-refractivity contribution in [2.24, 2.45) is 0 Å². The Hall–Kier alpha value is -14.7. The van der Waals surface area contributed by atoms with Gasteiger partial charge in [-0.25, -0.2) is 0 Å². The topological polar surface area (TPSA) is 42.1 Å². The summed E-state index contributed by atoms with van der Waals surface area (Å²) >= 11 is 0. The molecule has 0 saturated heterocycles. The van der Waals surface area contributed by atoms with Gasteiger partial charge in [0.25, 0.3) is 0 Å². The molecule has 0 spiro atoms. The van der Waals surface area contributed by atoms with Crippen LogP contribution >= 0.6 is 0 Å². The molecule has 4 heterocycles. The van der Waals surface area contributed by atoms with Gasteiger partial charge in [-0.15, -0.1) is 0 Å². The number of hydrogen-bond donors (Lipinski definition) is 0. The van der Waals surface area contributed by atoms with Crippen molar-refractivity contribution in [3.05, 3.63) is 424 Å². The first-order valence-corrected chi connectivity index (χ1v) is 38.9. The fraction of sp³-hybridized carbons (Fsp3) is 0.0280. The average Bonchev–Trinajstić information content (AvgIpc) is 1.55. The molecule has 0 unspecified atom stereocenters. The van der Waals surface area contributed by atoms with Gasteiger partial charge in [-0.2, -0.15) is 0 Å². The molecule has 532 valence electrons. The molecule has 0 N–H and O–H groups in total. The second kappa shape index (κ2) is 27.4. The number of nitrogens with zero attached hydrogens (tertiary/aromatic N) is 6. The van der Waals surface area contributed by atoms with E-state index < -0.39 is 0 Å². The lowest BCUT2D eigenvalue weighted by Gasteiger charge is -2.28. The van der Waals surface area contributed by atoms with Crippen LogP contribution in [0.5, 0.6) is 0 Å². The molecular weight excluding hydrogens is 1370 g/mol. The van der Waals surface area contributed by atoms with Crippen molar-refractivity contribution in [1.29, 1.82) is 0 Å². The molecule has 3 aliphatic rings. The van der Waals surface area contributed by atoms with Crippen LogP contribution in [-0.4, -0.2) is 19.1 Å². The van der Waals surface area contributed by atoms with Gasteiger partial charge in [0, 0.05) is 85.2 Å². The lowest BCUT2D eigenvalue weighted by Crippen LogP contribution is -2.16. The van der Waals surface area contributed by atoms with Crippen LogP contribution < -0.4 is 9.80 Å². The zero-order valence-electron chi connectivity index (χ0n) is 62.4. The minimum Gasteiger partial charge on any atom is -0.311 e. The van der Waals surface area contributed by atoms with E-state index in [1.807, 2.05) is 24.5 Å². The van der Waals surface area contributed by atoms with Crippen LogP contribution in [0.4, 0.5) is 34.1 Å². The number of rotatable bonds is 12. The Morgan fingerprint density at radius 2 is 0.531 bits per heavy atom. The Balaban J connectivity index is 0.000000144. The molecule has 4 aromatic heterocycles. The van der Waals surface area contributed by atoms with Crippen molar-refractivity contribution in [1.82, 2.24) is 19.1 Å². The van der Waals surface area contributed by atoms with Gasteiger partial charge in [-0.05, 0) is 234 Å². The number of anilines is 6. The van der Waals surface area contributed by atoms with E-state index in [4.69, 9.17) is 9.97 Å². The van der Waals surface area contributed by atoms with Gasteiger partial charge < -0.3 is 18.9 Å². The van der Waals surface area contributed by atoms with Gasteiger partial charge >= 0.3 is 0 Å². The van der Waals surface area contributed by atoms with Crippen molar-refractivity contribution >= 4 is 55.9 Å². The number of hydrogen-bond acceptors (Lipinski definition) is 4. The van der Waals surface area contributed by atoms with E-state index >= 15 is 0 Å². The van der Waals surface area contributed by atoms with Crippen molar-refractivity contribution in [2.75, 3.05) is 9.80 Å². The lowest BCUT2D eigenvalue weighted by atomic mass is 9.82. The first-order valence-electron chi connectivity index (χ1n) is 38.9. The molecule has 0 radical (unpaired) electrons. The van der Waals surface area contributed by atoms with E-state index in [-0.39, 0.29) is 5.41 Å². The monoisotopic (exact) mass is 1440 g/mol. The van der Waals surface area contributed by atoms with Gasteiger partial charge in [0.15, 0.2) is 0 Å². The third-order valence-electron chi connectivity index (χ3n) is 23.2. The van der Waals surface area contributed by atoms with Gasteiger partial charge in [-0.1, -0.05) is 281 Å². The predicted molar refractivity (Wildman–Crippen MR) is 471 cm³/mol. The lowest BCUT2D eigenvalue weighted by molar-refractivity contribution is 0.660. The molecule has 19 aromatic rings. The van der Waals surface area contributed by atoms with Crippen LogP contribution in [0.1, 0.15) is 25.0 Å². The number of para-hydroxylation sites is 3. The molecule has 0 fully saturated rings. The van der Waals surface area contributed by atoms with Gasteiger partial charge in [0.2, 0.25) is 0 Å². The second-order valence-corrected chi connectivity index (χ2v) is 29.9. The Labute approximate surface area is 658 Å². The summed E-state index contributed by atoms with van der Waals surface area (Å²) in [5, 5.41) is 2.50. The highest BCUT2D eigenvalue weighted by Crippen LogP contribution is 2.56. The summed E-state index contributed by atoms with van der Waals surface area (Å²) in [4.78, 5) is 14.6. The van der Waals surface area contributed by atoms with E-state index in [1.165, 1.54) is 122 Å². The summed E-state index contributed by atoms with van der Waals surface area (Å²) < 4.78 is 4.83. The Bertz CT molecular complexity index is 6790. The van der Waals surface area contributed by atoms with Gasteiger partial charge in [0.1, 0.15) is 0 Å². The van der Waals surface area contributed by atoms with Crippen LogP contribution in [0.2, 0.25) is 0 Å². The van der Waals surface area contributed by atoms with E-state index in [9.17, 15) is 0 Å². The molecule has 6 heteroatoms. The normalized spacial score (nSPS) is 12.2. The molecule has 22 rings (SSSR count). The van der Waals surface area contributed by atoms with Crippen LogP contribution in [0.25, 0.3) is 156 Å². The summed E-state index contributed by atoms with van der Waals surface area (Å²) in [6.45, 7) is 4.69. The maximum atomic E-state index is 4.99. The molecule has 0 aliphatic heterocycles. The summed E-state index contributed by atoms with van der Waals surface area (Å²) in [5.41, 5.74) is 40.2. The maximum absolute atomic E-state index is 4.99. The van der Waals surface area contributed by atoms with Crippen LogP contribution in [0.15, 0.2) is 413 Å². The number of fused-ring (bicyclic) bond motifs is 13. The summed E-state index contributed by atoms with van der Waals surface area (Å²) in [7, 11) is 0. The molecule has 0 atom stereocenters. The number of pyridine rings is 2. The van der Waals surface area contributed by atoms with Crippen molar-refractivity contribution in [3.63, 3.8) is 0 Å². The molecule has 3 aliphatic carbocycles. The van der Waals surface area contributed by atoms with E-state index in [0.29, 0.717) is 0 Å². The first kappa shape index (κ1) is 66.5. The highest BCUT2D eigenvalue weighted by atomic mass is 15.1. The zero-order chi connectivity index (χ0) is 75.1. The van der Waals surface area contributed by atoms with Crippen LogP contribution in [0, 0.1) is 0 Å². The zero-order valence-corrected chi connectivity index (χ0v) is 62.4. The fourth-order valence-corrected chi connectivity index (χ4v) is 18.1. The molecule has 15 aromatic carbocycles. The summed E-state index contributed by atoms with van der Waals surface area (Å²) in [5.74, 6) is 0. The van der Waals surface area contributed by atoms with Gasteiger partial charge in [0.05, 0.1) is 33.8 Å². The van der Waals surface area contributed by atoms with Crippen LogP contribution in [-0.2, 0) is 5.41 Å². The SMILES string of the molecule is CC1(C)c2ccccc2-c2ccc(N(c3ccccc3)c3ccc(-c4ccc(-n5c(-c6ccccn6)c6c7c(cccc75)-c5ccccc5-c5ccccc5-6)cc4)cc3)cc21.c1ccc(N(c2ccccc2)c2ccc(-c3ccc(-n4c(-c5ccccn5)c5c6c(cccc64)-c4ccccc4-c4ccccc4-5)cc3)cc2)cc1. The highest BCUT2D eigenvalue weighted by Gasteiger charge is 2.37. The van der Waals surface area contributed by atoms with E-state index in [2.05, 4.69) is 421 Å². The van der Waals surface area contributed by atoms with E-state index in [0.717, 1.165) is 79.4 Å². The van der Waals surface area contributed by atoms with Gasteiger partial charge in [-0.3, -0.25) is 9.97 Å². The Morgan fingerprint density at radius 3 is 0.929 bits per heavy atom. The largest absolute Gasteiger partial charge is 0.311 e. The van der Waals surface area contributed by atoms with Crippen molar-refractivity contribution in [3.8, 4) is 134 Å². The Morgan fingerprint density at radius 1 is 0.230 bits per heavy atom. The van der Waals surface area contributed by atoms with Crippen molar-refractivity contribution in [2.45, 2.75) is 19.3 Å². The minimum atomic E-state index is -0.0824. The minimum absolute atomic E-state index is 0.0824. The second-order valence-electron chi connectivity index (χ2n) is 29.9. The molecule has 0 amide bonds. The summed E-state index contributed by atoms with van der Waals surface area (Å²) in [6, 6.07) is 145. The maximum Gasteiger partial charge on any atom is 0.0876 e. The number of benzene rings is 15. The third kappa shape index (κ3) is 11.2. The third-order valence-corrected chi connectivity index (χ3v) is 23.2.